The summed E-state index contributed by atoms with van der Waals surface area (Å²) in [6.07, 6.45) is 0. The molecule has 38 valence electrons. The topological polar surface area (TPSA) is 55.3 Å². The smallest absolute Gasteiger partial charge is 0.820 e. The Morgan fingerprint density at radius 3 is 2.00 bits per heavy atom. The molecule has 5 heteroatoms. The molecule has 0 saturated heterocycles. The van der Waals surface area contributed by atoms with Crippen molar-refractivity contribution in [3.8, 4) is 0 Å². The Morgan fingerprint density at radius 1 is 1.57 bits per heavy atom. The molecule has 0 bridgehead atoms. The van der Waals surface area contributed by atoms with Crippen LogP contribution < -0.4 is 9.79 Å². The Morgan fingerprint density at radius 2 is 2.00 bits per heavy atom. The number of rotatable bonds is 2. The molecule has 0 spiro atoms. The largest absolute Gasteiger partial charge is 2.00 e. The molecule has 0 heterocycles. The maximum Gasteiger partial charge on any atom is 2.00 e. The van der Waals surface area contributed by atoms with Crippen molar-refractivity contribution < 1.29 is 14.3 Å². The Bertz CT molecular complexity index is 34.1. The number of hydrogen-bond donors (Lipinski definition) is 0. The summed E-state index contributed by atoms with van der Waals surface area (Å²) < 4.78 is 4.00. The normalized spacial score (nSPS) is 8.57. The van der Waals surface area contributed by atoms with Crippen LogP contribution >= 0.6 is 8.60 Å². The van der Waals surface area contributed by atoms with Crippen molar-refractivity contribution in [3.63, 3.8) is 0 Å². The van der Waals surface area contributed by atoms with Gasteiger partial charge >= 0.3 is 37.7 Å². The number of hydrogen-bond acceptors (Lipinski definition) is 3. The van der Waals surface area contributed by atoms with Gasteiger partial charge in [-0.15, -0.1) is 0 Å². The third kappa shape index (κ3) is 11.2. The third-order valence-electron chi connectivity index (χ3n) is 0.235. The maximum atomic E-state index is 9.41. The van der Waals surface area contributed by atoms with Gasteiger partial charge in [0.1, 0.15) is 0 Å². The van der Waals surface area contributed by atoms with Crippen LogP contribution in [0.25, 0.3) is 0 Å². The standard InChI is InChI=1S/C2H5O3P.Ca/c1-2-5-6(3)4;/h2H2,1H3;/q-2;+2. The fourth-order valence-corrected chi connectivity index (χ4v) is 0.316. The van der Waals surface area contributed by atoms with Crippen molar-refractivity contribution in [1.29, 1.82) is 0 Å². The van der Waals surface area contributed by atoms with E-state index in [2.05, 4.69) is 4.52 Å². The SMILES string of the molecule is CCOP([O-])[O-].[Ca+2]. The van der Waals surface area contributed by atoms with E-state index < -0.39 is 8.60 Å². The van der Waals surface area contributed by atoms with E-state index in [-0.39, 0.29) is 44.3 Å². The molecule has 7 heavy (non-hydrogen) atoms. The van der Waals surface area contributed by atoms with Crippen LogP contribution in [0, 0.1) is 0 Å². The summed E-state index contributed by atoms with van der Waals surface area (Å²) in [5.74, 6) is 0. The van der Waals surface area contributed by atoms with Crippen LogP contribution in [0.5, 0.6) is 0 Å². The molecular weight excluding hydrogens is 143 g/mol. The molecule has 0 rings (SSSR count). The van der Waals surface area contributed by atoms with Gasteiger partial charge in [-0.3, -0.25) is 0 Å². The van der Waals surface area contributed by atoms with Crippen LogP contribution in [0.3, 0.4) is 0 Å². The predicted molar refractivity (Wildman–Crippen MR) is 24.3 cm³/mol. The zero-order chi connectivity index (χ0) is 4.99. The van der Waals surface area contributed by atoms with Crippen LogP contribution in [0.4, 0.5) is 0 Å². The molecule has 3 nitrogen and oxygen atoms in total. The first-order valence-electron chi connectivity index (χ1n) is 1.54. The van der Waals surface area contributed by atoms with E-state index in [1.807, 2.05) is 0 Å². The van der Waals surface area contributed by atoms with Gasteiger partial charge < -0.3 is 14.3 Å². The molecule has 0 aromatic heterocycles. The second-order valence-electron chi connectivity index (χ2n) is 0.641. The van der Waals surface area contributed by atoms with E-state index in [0.717, 1.165) is 0 Å². The van der Waals surface area contributed by atoms with E-state index in [1.54, 1.807) is 6.92 Å². The summed E-state index contributed by atoms with van der Waals surface area (Å²) in [5, 5.41) is 0. The van der Waals surface area contributed by atoms with Crippen LogP contribution in [0.1, 0.15) is 6.92 Å². The molecule has 0 aromatic carbocycles. The average Bonchev–Trinajstić information content (AvgIpc) is 1.35. The fourth-order valence-electron chi connectivity index (χ4n) is 0.105. The quantitative estimate of drug-likeness (QED) is 0.357. The molecule has 0 aliphatic rings. The molecule has 0 aliphatic carbocycles. The summed E-state index contributed by atoms with van der Waals surface area (Å²) in [6, 6.07) is 0. The van der Waals surface area contributed by atoms with Gasteiger partial charge in [-0.2, -0.15) is 8.60 Å². The van der Waals surface area contributed by atoms with Crippen LogP contribution in [0.15, 0.2) is 0 Å². The Kier molecular flexibility index (Phi) is 12.3. The molecule has 0 atom stereocenters. The predicted octanol–water partition coefficient (Wildman–Crippen LogP) is -1.41. The van der Waals surface area contributed by atoms with Crippen molar-refractivity contribution >= 4 is 46.3 Å². The summed E-state index contributed by atoms with van der Waals surface area (Å²) in [6.45, 7) is 1.85. The van der Waals surface area contributed by atoms with Gasteiger partial charge in [0, 0.05) is 6.61 Å². The molecular formula is C2H5CaO3P. The van der Waals surface area contributed by atoms with Crippen molar-refractivity contribution in [3.05, 3.63) is 0 Å². The molecule has 0 amide bonds. The summed E-state index contributed by atoms with van der Waals surface area (Å²) in [4.78, 5) is 18.8. The minimum atomic E-state index is -2.60. The van der Waals surface area contributed by atoms with E-state index >= 15 is 0 Å². The Hall–Kier alpha value is 1.57. The van der Waals surface area contributed by atoms with Crippen molar-refractivity contribution in [2.24, 2.45) is 0 Å². The third-order valence-corrected chi connectivity index (χ3v) is 0.704. The second kappa shape index (κ2) is 7.57. The van der Waals surface area contributed by atoms with Gasteiger partial charge in [0.25, 0.3) is 0 Å². The summed E-state index contributed by atoms with van der Waals surface area (Å²) in [7, 11) is -2.60. The zero-order valence-corrected chi connectivity index (χ0v) is 7.19. The monoisotopic (exact) mass is 148 g/mol. The fraction of sp³-hybridized carbons (Fsp3) is 1.00. The summed E-state index contributed by atoms with van der Waals surface area (Å²) in [5.41, 5.74) is 0. The van der Waals surface area contributed by atoms with E-state index in [0.29, 0.717) is 0 Å². The van der Waals surface area contributed by atoms with Crippen LogP contribution in [-0.2, 0) is 4.52 Å². The summed E-state index contributed by atoms with van der Waals surface area (Å²) >= 11 is 0. The maximum absolute atomic E-state index is 9.41. The first kappa shape index (κ1) is 11.4. The minimum Gasteiger partial charge on any atom is -0.820 e. The van der Waals surface area contributed by atoms with Crippen LogP contribution in [0.2, 0.25) is 0 Å². The van der Waals surface area contributed by atoms with E-state index in [9.17, 15) is 9.79 Å². The van der Waals surface area contributed by atoms with Gasteiger partial charge in [-0.25, -0.2) is 0 Å². The van der Waals surface area contributed by atoms with Gasteiger partial charge in [-0.1, -0.05) is 0 Å². The molecule has 0 aromatic rings. The van der Waals surface area contributed by atoms with Gasteiger partial charge in [0.05, 0.1) is 0 Å². The molecule has 0 aliphatic heterocycles. The van der Waals surface area contributed by atoms with Crippen molar-refractivity contribution in [1.82, 2.24) is 0 Å². The molecule has 0 saturated carbocycles. The van der Waals surface area contributed by atoms with E-state index in [1.165, 1.54) is 0 Å². The molecule has 0 unspecified atom stereocenters. The first-order chi connectivity index (χ1) is 2.77. The van der Waals surface area contributed by atoms with E-state index in [4.69, 9.17) is 0 Å². The van der Waals surface area contributed by atoms with Gasteiger partial charge in [-0.05, 0) is 6.92 Å². The Labute approximate surface area is 73.7 Å². The minimum absolute atomic E-state index is 0. The van der Waals surface area contributed by atoms with Gasteiger partial charge in [0.15, 0.2) is 0 Å². The van der Waals surface area contributed by atoms with Crippen LogP contribution in [-0.4, -0.2) is 44.3 Å². The molecule has 0 fully saturated rings. The van der Waals surface area contributed by atoms with Crippen molar-refractivity contribution in [2.75, 3.05) is 6.61 Å². The molecule has 0 radical (unpaired) electrons. The molecule has 0 N–H and O–H groups in total. The van der Waals surface area contributed by atoms with Crippen molar-refractivity contribution in [2.45, 2.75) is 6.92 Å². The zero-order valence-electron chi connectivity index (χ0n) is 4.09. The average molecular weight is 148 g/mol. The second-order valence-corrected chi connectivity index (χ2v) is 1.35. The first-order valence-corrected chi connectivity index (χ1v) is 2.64. The van der Waals surface area contributed by atoms with Gasteiger partial charge in [0.2, 0.25) is 0 Å². The Balaban J connectivity index is 0.